The standard InChI is InChI=1S/C10H8BrClN2O2S/c1-16-10(15)6(11)4-5-7(12)2-3-8-9(5)14-17-13-8/h2-3,6H,4H2,1H3. The Morgan fingerprint density at radius 3 is 3.06 bits per heavy atom. The van der Waals surface area contributed by atoms with E-state index in [4.69, 9.17) is 11.6 Å². The molecule has 0 N–H and O–H groups in total. The van der Waals surface area contributed by atoms with Crippen LogP contribution in [0, 0.1) is 0 Å². The Hall–Kier alpha value is -0.720. The van der Waals surface area contributed by atoms with Gasteiger partial charge in [-0.1, -0.05) is 27.5 Å². The minimum absolute atomic E-state index is 0.332. The first-order valence-electron chi connectivity index (χ1n) is 4.75. The highest BCUT2D eigenvalue weighted by atomic mass is 79.9. The smallest absolute Gasteiger partial charge is 0.319 e. The summed E-state index contributed by atoms with van der Waals surface area (Å²) in [4.78, 5) is 10.9. The van der Waals surface area contributed by atoms with Crippen molar-refractivity contribution >= 4 is 56.3 Å². The van der Waals surface area contributed by atoms with Gasteiger partial charge < -0.3 is 4.74 Å². The van der Waals surface area contributed by atoms with Gasteiger partial charge >= 0.3 is 5.97 Å². The molecule has 17 heavy (non-hydrogen) atoms. The third-order valence-corrected chi connectivity index (χ3v) is 3.91. The van der Waals surface area contributed by atoms with Crippen LogP contribution in [0.5, 0.6) is 0 Å². The highest BCUT2D eigenvalue weighted by Crippen LogP contribution is 2.27. The Kier molecular flexibility index (Phi) is 3.96. The Bertz CT molecular complexity index is 560. The first-order chi connectivity index (χ1) is 8.13. The van der Waals surface area contributed by atoms with E-state index in [1.165, 1.54) is 7.11 Å². The topological polar surface area (TPSA) is 52.1 Å². The lowest BCUT2D eigenvalue weighted by atomic mass is 10.1. The van der Waals surface area contributed by atoms with Crippen LogP contribution in [0.2, 0.25) is 5.02 Å². The summed E-state index contributed by atoms with van der Waals surface area (Å²) >= 11 is 10.5. The van der Waals surface area contributed by atoms with Crippen molar-refractivity contribution in [2.75, 3.05) is 7.11 Å². The summed E-state index contributed by atoms with van der Waals surface area (Å²) in [6.07, 6.45) is 0.425. The van der Waals surface area contributed by atoms with E-state index >= 15 is 0 Å². The van der Waals surface area contributed by atoms with Crippen LogP contribution in [0.3, 0.4) is 0 Å². The molecule has 1 atom stereocenters. The molecule has 0 spiro atoms. The maximum absolute atomic E-state index is 11.4. The molecule has 1 aromatic carbocycles. The van der Waals surface area contributed by atoms with E-state index in [2.05, 4.69) is 29.4 Å². The summed E-state index contributed by atoms with van der Waals surface area (Å²) in [5, 5.41) is 0.582. The molecule has 0 aliphatic heterocycles. The molecule has 2 aromatic rings. The third-order valence-electron chi connectivity index (χ3n) is 2.32. The zero-order valence-corrected chi connectivity index (χ0v) is 12.0. The van der Waals surface area contributed by atoms with Gasteiger partial charge in [0.25, 0.3) is 0 Å². The van der Waals surface area contributed by atoms with E-state index in [0.717, 1.165) is 28.3 Å². The molecule has 1 heterocycles. The quantitative estimate of drug-likeness (QED) is 0.639. The van der Waals surface area contributed by atoms with Gasteiger partial charge in [-0.2, -0.15) is 8.75 Å². The van der Waals surface area contributed by atoms with Crippen molar-refractivity contribution in [3.05, 3.63) is 22.7 Å². The minimum atomic E-state index is -0.433. The second kappa shape index (κ2) is 5.29. The van der Waals surface area contributed by atoms with Crippen molar-refractivity contribution in [2.45, 2.75) is 11.2 Å². The Balaban J connectivity index is 2.37. The van der Waals surface area contributed by atoms with Crippen LogP contribution in [-0.4, -0.2) is 26.7 Å². The van der Waals surface area contributed by atoms with Gasteiger partial charge in [-0.25, -0.2) is 0 Å². The molecule has 0 aliphatic carbocycles. The second-order valence-corrected chi connectivity index (χ2v) is 5.39. The number of halogens is 2. The van der Waals surface area contributed by atoms with Crippen LogP contribution in [-0.2, 0) is 16.0 Å². The Labute approximate surface area is 115 Å². The van der Waals surface area contributed by atoms with Gasteiger partial charge in [0.15, 0.2) is 0 Å². The van der Waals surface area contributed by atoms with Crippen molar-refractivity contribution in [1.82, 2.24) is 8.75 Å². The van der Waals surface area contributed by atoms with Gasteiger partial charge in [0.05, 0.1) is 18.8 Å². The molecule has 0 radical (unpaired) electrons. The SMILES string of the molecule is COC(=O)C(Br)Cc1c(Cl)ccc2nsnc12. The molecule has 0 aliphatic rings. The van der Waals surface area contributed by atoms with Crippen LogP contribution >= 0.6 is 39.3 Å². The fraction of sp³-hybridized carbons (Fsp3) is 0.300. The average Bonchev–Trinajstić information content (AvgIpc) is 2.80. The molecule has 0 fully saturated rings. The number of alkyl halides is 1. The molecule has 0 saturated heterocycles. The Morgan fingerprint density at radius 1 is 1.59 bits per heavy atom. The zero-order valence-electron chi connectivity index (χ0n) is 8.81. The van der Waals surface area contributed by atoms with Crippen molar-refractivity contribution in [3.8, 4) is 0 Å². The van der Waals surface area contributed by atoms with Crippen LogP contribution in [0.4, 0.5) is 0 Å². The number of benzene rings is 1. The lowest BCUT2D eigenvalue weighted by Crippen LogP contribution is -2.18. The number of methoxy groups -OCH3 is 1. The van der Waals surface area contributed by atoms with Gasteiger partial charge in [0.1, 0.15) is 15.9 Å². The average molecular weight is 336 g/mol. The van der Waals surface area contributed by atoms with Gasteiger partial charge in [0, 0.05) is 10.6 Å². The van der Waals surface area contributed by atoms with Crippen LogP contribution in [0.25, 0.3) is 11.0 Å². The van der Waals surface area contributed by atoms with E-state index in [9.17, 15) is 4.79 Å². The number of fused-ring (bicyclic) bond motifs is 1. The molecular formula is C10H8BrClN2O2S. The molecule has 0 saturated carbocycles. The number of aromatic nitrogens is 2. The van der Waals surface area contributed by atoms with Gasteiger partial charge in [-0.15, -0.1) is 0 Å². The maximum Gasteiger partial charge on any atom is 0.319 e. The molecule has 2 rings (SSSR count). The van der Waals surface area contributed by atoms with Crippen molar-refractivity contribution in [2.24, 2.45) is 0 Å². The Morgan fingerprint density at radius 2 is 2.35 bits per heavy atom. The van der Waals surface area contributed by atoms with E-state index in [0.29, 0.717) is 11.4 Å². The molecule has 7 heteroatoms. The van der Waals surface area contributed by atoms with Crippen molar-refractivity contribution < 1.29 is 9.53 Å². The van der Waals surface area contributed by atoms with E-state index in [-0.39, 0.29) is 5.97 Å². The molecule has 90 valence electrons. The highest BCUT2D eigenvalue weighted by molar-refractivity contribution is 9.10. The largest absolute Gasteiger partial charge is 0.468 e. The lowest BCUT2D eigenvalue weighted by molar-refractivity contribution is -0.139. The van der Waals surface area contributed by atoms with Crippen LogP contribution in [0.1, 0.15) is 5.56 Å². The predicted octanol–water partition coefficient (Wildman–Crippen LogP) is 2.82. The first-order valence-corrected chi connectivity index (χ1v) is 6.77. The molecule has 4 nitrogen and oxygen atoms in total. The number of hydrogen-bond donors (Lipinski definition) is 0. The number of carbonyl (C=O) groups excluding carboxylic acids is 1. The lowest BCUT2D eigenvalue weighted by Gasteiger charge is -2.09. The normalized spacial score (nSPS) is 12.6. The number of hydrogen-bond acceptors (Lipinski definition) is 5. The summed E-state index contributed by atoms with van der Waals surface area (Å²) in [5.74, 6) is -0.332. The van der Waals surface area contributed by atoms with Crippen molar-refractivity contribution in [1.29, 1.82) is 0 Å². The molecule has 0 bridgehead atoms. The number of rotatable bonds is 3. The second-order valence-electron chi connectivity index (χ2n) is 3.35. The summed E-state index contributed by atoms with van der Waals surface area (Å²) in [5.41, 5.74) is 2.35. The molecular weight excluding hydrogens is 328 g/mol. The predicted molar refractivity (Wildman–Crippen MR) is 70.9 cm³/mol. The van der Waals surface area contributed by atoms with Crippen molar-refractivity contribution in [3.63, 3.8) is 0 Å². The first kappa shape index (κ1) is 12.7. The van der Waals surface area contributed by atoms with Crippen LogP contribution < -0.4 is 0 Å². The number of carbonyl (C=O) groups is 1. The summed E-state index contributed by atoms with van der Waals surface area (Å²) < 4.78 is 13.0. The van der Waals surface area contributed by atoms with Gasteiger partial charge in [-0.3, -0.25) is 4.79 Å². The van der Waals surface area contributed by atoms with E-state index in [1.807, 2.05) is 6.07 Å². The summed E-state index contributed by atoms with van der Waals surface area (Å²) in [6, 6.07) is 3.57. The third kappa shape index (κ3) is 2.59. The monoisotopic (exact) mass is 334 g/mol. The van der Waals surface area contributed by atoms with Crippen LogP contribution in [0.15, 0.2) is 12.1 Å². The fourth-order valence-electron chi connectivity index (χ4n) is 1.46. The van der Waals surface area contributed by atoms with Gasteiger partial charge in [-0.05, 0) is 18.6 Å². The molecule has 0 amide bonds. The fourth-order valence-corrected chi connectivity index (χ4v) is 2.77. The maximum atomic E-state index is 11.4. The molecule has 1 unspecified atom stereocenters. The zero-order chi connectivity index (χ0) is 12.4. The van der Waals surface area contributed by atoms with Gasteiger partial charge in [0.2, 0.25) is 0 Å². The number of esters is 1. The number of nitrogens with zero attached hydrogens (tertiary/aromatic N) is 2. The summed E-state index contributed by atoms with van der Waals surface area (Å²) in [6.45, 7) is 0. The minimum Gasteiger partial charge on any atom is -0.468 e. The highest BCUT2D eigenvalue weighted by Gasteiger charge is 2.20. The van der Waals surface area contributed by atoms with E-state index < -0.39 is 4.83 Å². The summed E-state index contributed by atoms with van der Waals surface area (Å²) in [7, 11) is 1.35. The number of ether oxygens (including phenoxy) is 1. The van der Waals surface area contributed by atoms with E-state index in [1.54, 1.807) is 6.07 Å². The molecule has 1 aromatic heterocycles.